The maximum Gasteiger partial charge on any atom is 0.248 e. The van der Waals surface area contributed by atoms with Gasteiger partial charge in [0.1, 0.15) is 5.69 Å². The highest BCUT2D eigenvalue weighted by atomic mass is 16.1. The lowest BCUT2D eigenvalue weighted by molar-refractivity contribution is 0.0958. The van der Waals surface area contributed by atoms with Crippen LogP contribution in [0.1, 0.15) is 95.4 Å². The average Bonchev–Trinajstić information content (AvgIpc) is 2.74. The first-order valence-electron chi connectivity index (χ1n) is 10.8. The second-order valence-electron chi connectivity index (χ2n) is 7.73. The van der Waals surface area contributed by atoms with E-state index in [2.05, 4.69) is 29.9 Å². The number of carbonyl (C=O) groups is 2. The molecule has 0 fully saturated rings. The second-order valence-corrected chi connectivity index (χ2v) is 7.73. The summed E-state index contributed by atoms with van der Waals surface area (Å²) in [5, 5.41) is 0. The van der Waals surface area contributed by atoms with Crippen LogP contribution in [0.25, 0.3) is 0 Å². The number of Topliss-reactive ketones (excluding diaryl/α,β-unsaturated/α-hetero) is 2. The molecule has 0 saturated heterocycles. The highest BCUT2D eigenvalue weighted by Gasteiger charge is 2.22. The van der Waals surface area contributed by atoms with Gasteiger partial charge >= 0.3 is 0 Å². The van der Waals surface area contributed by atoms with Gasteiger partial charge in [-0.3, -0.25) is 14.4 Å². The van der Waals surface area contributed by atoms with Crippen molar-refractivity contribution in [1.82, 2.24) is 9.97 Å². The highest BCUT2D eigenvalue weighted by Crippen LogP contribution is 2.24. The standard InChI is InChI=1S/C13H17NO.C11H13NO2/c1-3-9-8-10(4-2)14-13-11(9)6-5-7-12(13)15;1-2-7-6-10(14)12-11-8(7)4-3-5-9(11)13/h8H,3-7H2,1-2H3;6H,2-5H2,1H3,(H,12,14). The Kier molecular flexibility index (Phi) is 6.78. The van der Waals surface area contributed by atoms with Crippen LogP contribution in [0.5, 0.6) is 0 Å². The normalized spacial score (nSPS) is 15.3. The molecule has 2 heterocycles. The van der Waals surface area contributed by atoms with Gasteiger partial charge < -0.3 is 4.98 Å². The molecule has 2 aliphatic rings. The number of ketones is 2. The van der Waals surface area contributed by atoms with Crippen LogP contribution in [0, 0.1) is 0 Å². The van der Waals surface area contributed by atoms with Crippen molar-refractivity contribution in [2.75, 3.05) is 0 Å². The van der Waals surface area contributed by atoms with E-state index in [1.165, 1.54) is 11.1 Å². The molecule has 0 atom stereocenters. The summed E-state index contributed by atoms with van der Waals surface area (Å²) < 4.78 is 0. The van der Waals surface area contributed by atoms with Crippen molar-refractivity contribution in [2.24, 2.45) is 0 Å². The van der Waals surface area contributed by atoms with E-state index in [9.17, 15) is 14.4 Å². The van der Waals surface area contributed by atoms with Crippen molar-refractivity contribution < 1.29 is 9.59 Å². The average molecular weight is 395 g/mol. The van der Waals surface area contributed by atoms with Crippen LogP contribution in [-0.4, -0.2) is 21.5 Å². The fraction of sp³-hybridized carbons (Fsp3) is 0.500. The lowest BCUT2D eigenvalue weighted by Crippen LogP contribution is -2.21. The number of hydrogen-bond donors (Lipinski definition) is 1. The molecule has 0 unspecified atom stereocenters. The lowest BCUT2D eigenvalue weighted by Gasteiger charge is -2.18. The van der Waals surface area contributed by atoms with Crippen LogP contribution in [-0.2, 0) is 32.1 Å². The molecule has 2 aromatic heterocycles. The van der Waals surface area contributed by atoms with Crippen molar-refractivity contribution in [2.45, 2.75) is 78.6 Å². The van der Waals surface area contributed by atoms with E-state index in [4.69, 9.17) is 0 Å². The van der Waals surface area contributed by atoms with E-state index < -0.39 is 0 Å². The first-order valence-corrected chi connectivity index (χ1v) is 10.8. The second kappa shape index (κ2) is 9.29. The molecule has 0 saturated carbocycles. The predicted molar refractivity (Wildman–Crippen MR) is 114 cm³/mol. The van der Waals surface area contributed by atoms with E-state index in [1.54, 1.807) is 6.07 Å². The first-order chi connectivity index (χ1) is 14.0. The van der Waals surface area contributed by atoms with E-state index in [0.717, 1.165) is 67.5 Å². The number of nitrogens with one attached hydrogen (secondary N) is 1. The van der Waals surface area contributed by atoms with Crippen LogP contribution < -0.4 is 5.56 Å². The highest BCUT2D eigenvalue weighted by molar-refractivity contribution is 5.97. The molecule has 0 spiro atoms. The third-order valence-electron chi connectivity index (χ3n) is 5.84. The van der Waals surface area contributed by atoms with Gasteiger partial charge in [-0.05, 0) is 73.3 Å². The molecular weight excluding hydrogens is 364 g/mol. The summed E-state index contributed by atoms with van der Waals surface area (Å²) in [6, 6.07) is 3.77. The largest absolute Gasteiger partial charge is 0.319 e. The molecule has 154 valence electrons. The van der Waals surface area contributed by atoms with Crippen LogP contribution in [0.15, 0.2) is 16.9 Å². The number of nitrogens with zero attached hydrogens (tertiary/aromatic N) is 1. The summed E-state index contributed by atoms with van der Waals surface area (Å²) in [5.41, 5.74) is 6.84. The summed E-state index contributed by atoms with van der Waals surface area (Å²) in [4.78, 5) is 41.7. The molecule has 29 heavy (non-hydrogen) atoms. The Morgan fingerprint density at radius 1 is 0.793 bits per heavy atom. The zero-order valence-electron chi connectivity index (χ0n) is 17.7. The quantitative estimate of drug-likeness (QED) is 0.847. The molecule has 0 radical (unpaired) electrons. The Bertz CT molecular complexity index is 988. The molecule has 4 rings (SSSR count). The third kappa shape index (κ3) is 4.55. The van der Waals surface area contributed by atoms with Gasteiger partial charge in [-0.15, -0.1) is 0 Å². The fourth-order valence-electron chi connectivity index (χ4n) is 4.26. The fourth-order valence-corrected chi connectivity index (χ4v) is 4.26. The molecule has 2 aromatic rings. The van der Waals surface area contributed by atoms with Gasteiger partial charge in [-0.2, -0.15) is 0 Å². The van der Waals surface area contributed by atoms with Gasteiger partial charge in [-0.25, -0.2) is 4.98 Å². The number of H-pyrrole nitrogens is 1. The van der Waals surface area contributed by atoms with Gasteiger partial charge in [-0.1, -0.05) is 20.8 Å². The predicted octanol–water partition coefficient (Wildman–Crippen LogP) is 4.18. The first kappa shape index (κ1) is 21.2. The summed E-state index contributed by atoms with van der Waals surface area (Å²) in [6.45, 7) is 6.24. The summed E-state index contributed by atoms with van der Waals surface area (Å²) in [5.74, 6) is 0.319. The molecule has 0 aromatic carbocycles. The number of pyridine rings is 2. The molecule has 0 bridgehead atoms. The summed E-state index contributed by atoms with van der Waals surface area (Å²) >= 11 is 0. The van der Waals surface area contributed by atoms with Gasteiger partial charge in [0, 0.05) is 24.6 Å². The summed E-state index contributed by atoms with van der Waals surface area (Å²) in [6.07, 6.45) is 7.82. The number of rotatable bonds is 3. The zero-order valence-corrected chi connectivity index (χ0v) is 17.7. The van der Waals surface area contributed by atoms with Crippen LogP contribution >= 0.6 is 0 Å². The molecule has 5 nitrogen and oxygen atoms in total. The van der Waals surface area contributed by atoms with Crippen molar-refractivity contribution in [3.63, 3.8) is 0 Å². The Balaban J connectivity index is 0.000000166. The van der Waals surface area contributed by atoms with Crippen LogP contribution in [0.4, 0.5) is 0 Å². The zero-order chi connectivity index (χ0) is 21.0. The monoisotopic (exact) mass is 394 g/mol. The Labute approximate surface area is 172 Å². The maximum absolute atomic E-state index is 11.8. The molecule has 1 N–H and O–H groups in total. The number of fused-ring (bicyclic) bond motifs is 2. The number of aryl methyl sites for hydroxylation is 3. The lowest BCUT2D eigenvalue weighted by atomic mass is 9.90. The maximum atomic E-state index is 11.8. The van der Waals surface area contributed by atoms with E-state index in [0.29, 0.717) is 18.5 Å². The summed E-state index contributed by atoms with van der Waals surface area (Å²) in [7, 11) is 0. The van der Waals surface area contributed by atoms with Crippen LogP contribution in [0.2, 0.25) is 0 Å². The number of aromatic amines is 1. The third-order valence-corrected chi connectivity index (χ3v) is 5.84. The van der Waals surface area contributed by atoms with Crippen molar-refractivity contribution in [3.05, 3.63) is 61.8 Å². The van der Waals surface area contributed by atoms with Gasteiger partial charge in [0.05, 0.1) is 5.69 Å². The van der Waals surface area contributed by atoms with Crippen molar-refractivity contribution in [3.8, 4) is 0 Å². The smallest absolute Gasteiger partial charge is 0.248 e. The Morgan fingerprint density at radius 2 is 1.41 bits per heavy atom. The minimum Gasteiger partial charge on any atom is -0.319 e. The Morgan fingerprint density at radius 3 is 2.07 bits per heavy atom. The molecular formula is C24H30N2O3. The number of aromatic nitrogens is 2. The van der Waals surface area contributed by atoms with E-state index in [1.807, 2.05) is 6.92 Å². The van der Waals surface area contributed by atoms with Crippen molar-refractivity contribution in [1.29, 1.82) is 0 Å². The van der Waals surface area contributed by atoms with Crippen molar-refractivity contribution >= 4 is 11.6 Å². The molecule has 0 amide bonds. The van der Waals surface area contributed by atoms with Gasteiger partial charge in [0.2, 0.25) is 5.56 Å². The molecule has 2 aliphatic carbocycles. The van der Waals surface area contributed by atoms with E-state index >= 15 is 0 Å². The van der Waals surface area contributed by atoms with Crippen LogP contribution in [0.3, 0.4) is 0 Å². The Hall–Kier alpha value is -2.56. The van der Waals surface area contributed by atoms with Gasteiger partial charge in [0.25, 0.3) is 0 Å². The minimum atomic E-state index is -0.157. The molecule has 0 aliphatic heterocycles. The van der Waals surface area contributed by atoms with Gasteiger partial charge in [0.15, 0.2) is 11.6 Å². The minimum absolute atomic E-state index is 0.0821. The molecule has 5 heteroatoms. The number of hydrogen-bond acceptors (Lipinski definition) is 4. The SMILES string of the molecule is CCc1cc(=O)[nH]c2c1CCCC2=O.CCc1cc(CC)c2c(n1)C(=O)CCC2. The topological polar surface area (TPSA) is 79.9 Å². The number of carbonyl (C=O) groups excluding carboxylic acids is 2. The van der Waals surface area contributed by atoms with E-state index in [-0.39, 0.29) is 17.1 Å².